The zero-order valence-electron chi connectivity index (χ0n) is 14.1. The van der Waals surface area contributed by atoms with E-state index in [4.69, 9.17) is 11.6 Å². The van der Waals surface area contributed by atoms with Crippen LogP contribution in [-0.2, 0) is 6.54 Å². The van der Waals surface area contributed by atoms with Gasteiger partial charge in [0.1, 0.15) is 10.0 Å². The van der Waals surface area contributed by atoms with Gasteiger partial charge in [0.15, 0.2) is 16.8 Å². The Morgan fingerprint density at radius 1 is 1.38 bits per heavy atom. The van der Waals surface area contributed by atoms with Crippen LogP contribution >= 0.6 is 22.9 Å². The fourth-order valence-corrected chi connectivity index (χ4v) is 3.30. The molecular formula is C18H16ClF2N3OS. The van der Waals surface area contributed by atoms with Crippen LogP contribution in [0.15, 0.2) is 36.7 Å². The lowest BCUT2D eigenvalue weighted by Gasteiger charge is -2.10. The van der Waals surface area contributed by atoms with E-state index in [1.807, 2.05) is 13.8 Å². The summed E-state index contributed by atoms with van der Waals surface area (Å²) in [6.45, 7) is 4.02. The molecule has 0 fully saturated rings. The highest BCUT2D eigenvalue weighted by Gasteiger charge is 2.18. The molecule has 0 saturated heterocycles. The van der Waals surface area contributed by atoms with Crippen molar-refractivity contribution in [3.8, 4) is 0 Å². The Morgan fingerprint density at radius 3 is 2.81 bits per heavy atom. The SMILES string of the molecule is CC(C)c1cc(C(=O)Nc2ncc(Cl)s2)n(Cc2cccc(F)c2F)c1. The van der Waals surface area contributed by atoms with Gasteiger partial charge in [0.25, 0.3) is 5.91 Å². The number of benzene rings is 1. The van der Waals surface area contributed by atoms with Crippen LogP contribution in [0.3, 0.4) is 0 Å². The lowest BCUT2D eigenvalue weighted by Crippen LogP contribution is -2.17. The first-order valence-corrected chi connectivity index (χ1v) is 9.10. The van der Waals surface area contributed by atoms with Crippen molar-refractivity contribution in [2.45, 2.75) is 26.3 Å². The number of hydrogen-bond donors (Lipinski definition) is 1. The van der Waals surface area contributed by atoms with Gasteiger partial charge >= 0.3 is 0 Å². The highest BCUT2D eigenvalue weighted by Crippen LogP contribution is 2.25. The van der Waals surface area contributed by atoms with E-state index in [2.05, 4.69) is 10.3 Å². The van der Waals surface area contributed by atoms with E-state index in [9.17, 15) is 13.6 Å². The first-order valence-electron chi connectivity index (χ1n) is 7.90. The number of aromatic nitrogens is 2. The molecule has 0 atom stereocenters. The van der Waals surface area contributed by atoms with Gasteiger partial charge in [-0.3, -0.25) is 10.1 Å². The number of amides is 1. The van der Waals surface area contributed by atoms with Crippen molar-refractivity contribution in [2.24, 2.45) is 0 Å². The molecule has 2 heterocycles. The highest BCUT2D eigenvalue weighted by atomic mass is 35.5. The summed E-state index contributed by atoms with van der Waals surface area (Å²) >= 11 is 6.97. The molecule has 26 heavy (non-hydrogen) atoms. The first-order chi connectivity index (χ1) is 12.3. The predicted molar refractivity (Wildman–Crippen MR) is 99.1 cm³/mol. The molecule has 1 aromatic carbocycles. The van der Waals surface area contributed by atoms with Crippen LogP contribution in [-0.4, -0.2) is 15.5 Å². The smallest absolute Gasteiger partial charge is 0.274 e. The van der Waals surface area contributed by atoms with Gasteiger partial charge in [0.2, 0.25) is 0 Å². The Hall–Kier alpha value is -2.25. The molecule has 0 aliphatic carbocycles. The van der Waals surface area contributed by atoms with Crippen LogP contribution in [0.1, 0.15) is 41.4 Å². The van der Waals surface area contributed by atoms with Crippen molar-refractivity contribution >= 4 is 34.0 Å². The molecule has 3 rings (SSSR count). The second kappa shape index (κ2) is 7.55. The second-order valence-electron chi connectivity index (χ2n) is 6.08. The van der Waals surface area contributed by atoms with Crippen molar-refractivity contribution < 1.29 is 13.6 Å². The van der Waals surface area contributed by atoms with Gasteiger partial charge in [-0.2, -0.15) is 0 Å². The van der Waals surface area contributed by atoms with Gasteiger partial charge in [-0.1, -0.05) is 48.9 Å². The molecule has 0 radical (unpaired) electrons. The number of nitrogens with zero attached hydrogens (tertiary/aromatic N) is 2. The molecule has 0 aliphatic rings. The number of halogens is 3. The maximum Gasteiger partial charge on any atom is 0.274 e. The van der Waals surface area contributed by atoms with E-state index >= 15 is 0 Å². The van der Waals surface area contributed by atoms with Gasteiger partial charge in [-0.15, -0.1) is 0 Å². The van der Waals surface area contributed by atoms with Crippen molar-refractivity contribution in [1.82, 2.24) is 9.55 Å². The average Bonchev–Trinajstić information content (AvgIpc) is 3.18. The van der Waals surface area contributed by atoms with Crippen LogP contribution < -0.4 is 5.32 Å². The number of carbonyl (C=O) groups excluding carboxylic acids is 1. The van der Waals surface area contributed by atoms with Crippen molar-refractivity contribution in [3.63, 3.8) is 0 Å². The molecule has 2 aromatic heterocycles. The maximum atomic E-state index is 14.0. The van der Waals surface area contributed by atoms with Crippen molar-refractivity contribution in [3.05, 3.63) is 69.5 Å². The molecule has 4 nitrogen and oxygen atoms in total. The summed E-state index contributed by atoms with van der Waals surface area (Å²) in [7, 11) is 0. The van der Waals surface area contributed by atoms with Gasteiger partial charge in [-0.05, 0) is 23.6 Å². The minimum Gasteiger partial charge on any atom is -0.339 e. The zero-order valence-corrected chi connectivity index (χ0v) is 15.7. The Labute approximate surface area is 158 Å². The van der Waals surface area contributed by atoms with Crippen LogP contribution in [0, 0.1) is 11.6 Å². The topological polar surface area (TPSA) is 46.9 Å². The molecule has 136 valence electrons. The van der Waals surface area contributed by atoms with E-state index in [-0.39, 0.29) is 23.9 Å². The maximum absolute atomic E-state index is 14.0. The Kier molecular flexibility index (Phi) is 5.38. The molecule has 0 aliphatic heterocycles. The van der Waals surface area contributed by atoms with Crippen LogP contribution in [0.2, 0.25) is 4.34 Å². The third kappa shape index (κ3) is 3.94. The zero-order chi connectivity index (χ0) is 18.8. The van der Waals surface area contributed by atoms with Gasteiger partial charge in [-0.25, -0.2) is 13.8 Å². The van der Waals surface area contributed by atoms with Gasteiger partial charge in [0, 0.05) is 11.8 Å². The standard InChI is InChI=1S/C18H16ClF2N3OS/c1-10(2)12-6-14(17(25)23-18-22-7-15(19)26-18)24(9-12)8-11-4-3-5-13(20)16(11)21/h3-7,9-10H,8H2,1-2H3,(H,22,23,25). The number of thiazole rings is 1. The summed E-state index contributed by atoms with van der Waals surface area (Å²) in [5.74, 6) is -2.04. The van der Waals surface area contributed by atoms with E-state index in [1.54, 1.807) is 16.8 Å². The summed E-state index contributed by atoms with van der Waals surface area (Å²) in [6.07, 6.45) is 3.22. The minimum atomic E-state index is -0.915. The number of carbonyl (C=O) groups is 1. The van der Waals surface area contributed by atoms with Gasteiger partial charge < -0.3 is 4.57 Å². The second-order valence-corrected chi connectivity index (χ2v) is 7.74. The third-order valence-electron chi connectivity index (χ3n) is 3.89. The van der Waals surface area contributed by atoms with Crippen LogP contribution in [0.5, 0.6) is 0 Å². The predicted octanol–water partition coefficient (Wildman–Crippen LogP) is 5.30. The molecule has 8 heteroatoms. The molecule has 0 bridgehead atoms. The minimum absolute atomic E-state index is 0.0394. The Bertz CT molecular complexity index is 952. The number of rotatable bonds is 5. The molecular weight excluding hydrogens is 380 g/mol. The summed E-state index contributed by atoms with van der Waals surface area (Å²) < 4.78 is 29.6. The molecule has 0 saturated carbocycles. The largest absolute Gasteiger partial charge is 0.339 e. The van der Waals surface area contributed by atoms with Crippen molar-refractivity contribution in [1.29, 1.82) is 0 Å². The summed E-state index contributed by atoms with van der Waals surface area (Å²) in [6, 6.07) is 5.74. The summed E-state index contributed by atoms with van der Waals surface area (Å²) in [4.78, 5) is 16.6. The molecule has 1 amide bonds. The number of hydrogen-bond acceptors (Lipinski definition) is 3. The quantitative estimate of drug-likeness (QED) is 0.637. The molecule has 0 spiro atoms. The summed E-state index contributed by atoms with van der Waals surface area (Å²) in [5, 5.41) is 3.05. The van der Waals surface area contributed by atoms with Crippen molar-refractivity contribution in [2.75, 3.05) is 5.32 Å². The van der Waals surface area contributed by atoms with E-state index < -0.39 is 11.6 Å². The molecule has 0 unspecified atom stereocenters. The fraction of sp³-hybridized carbons (Fsp3) is 0.222. The summed E-state index contributed by atoms with van der Waals surface area (Å²) in [5.41, 5.74) is 1.43. The van der Waals surface area contributed by atoms with Crippen LogP contribution in [0.4, 0.5) is 13.9 Å². The number of nitrogens with one attached hydrogen (secondary N) is 1. The van der Waals surface area contributed by atoms with E-state index in [0.29, 0.717) is 15.2 Å². The average molecular weight is 396 g/mol. The fourth-order valence-electron chi connectivity index (χ4n) is 2.50. The molecule has 3 aromatic rings. The third-order valence-corrected chi connectivity index (χ3v) is 4.92. The number of anilines is 1. The normalized spacial score (nSPS) is 11.2. The highest BCUT2D eigenvalue weighted by molar-refractivity contribution is 7.19. The monoisotopic (exact) mass is 395 g/mol. The van der Waals surface area contributed by atoms with Crippen LogP contribution in [0.25, 0.3) is 0 Å². The Balaban J connectivity index is 1.93. The lowest BCUT2D eigenvalue weighted by molar-refractivity contribution is 0.101. The first kappa shape index (κ1) is 18.5. The Morgan fingerprint density at radius 2 is 2.15 bits per heavy atom. The molecule has 1 N–H and O–H groups in total. The van der Waals surface area contributed by atoms with E-state index in [0.717, 1.165) is 23.0 Å². The van der Waals surface area contributed by atoms with E-state index in [1.165, 1.54) is 18.3 Å². The lowest BCUT2D eigenvalue weighted by atomic mass is 10.1. The van der Waals surface area contributed by atoms with Gasteiger partial charge in [0.05, 0.1) is 12.7 Å².